The van der Waals surface area contributed by atoms with Crippen LogP contribution in [-0.2, 0) is 11.2 Å². The lowest BCUT2D eigenvalue weighted by atomic mass is 10.0. The van der Waals surface area contributed by atoms with Crippen molar-refractivity contribution in [3.05, 3.63) is 36.0 Å². The first-order chi connectivity index (χ1) is 11.5. The Morgan fingerprint density at radius 1 is 1.33 bits per heavy atom. The minimum atomic E-state index is -0.507. The Kier molecular flexibility index (Phi) is 5.21. The molecule has 2 aromatic rings. The number of rotatable bonds is 5. The van der Waals surface area contributed by atoms with Crippen LogP contribution in [0.3, 0.4) is 0 Å². The Hall–Kier alpha value is -1.85. The van der Waals surface area contributed by atoms with E-state index in [1.54, 1.807) is 0 Å². The van der Waals surface area contributed by atoms with Gasteiger partial charge in [0.2, 0.25) is 5.91 Å². The molecule has 1 aromatic carbocycles. The van der Waals surface area contributed by atoms with E-state index in [0.29, 0.717) is 12.5 Å². The molecule has 1 atom stereocenters. The van der Waals surface area contributed by atoms with E-state index < -0.39 is 6.04 Å². The fourth-order valence-electron chi connectivity index (χ4n) is 3.50. The monoisotopic (exact) mass is 328 g/mol. The summed E-state index contributed by atoms with van der Waals surface area (Å²) in [5.41, 5.74) is 8.34. The minimum Gasteiger partial charge on any atom is -0.361 e. The maximum absolute atomic E-state index is 12.4. The molecule has 24 heavy (non-hydrogen) atoms. The number of fused-ring (bicyclic) bond motifs is 1. The van der Waals surface area contributed by atoms with E-state index in [2.05, 4.69) is 35.1 Å². The van der Waals surface area contributed by atoms with E-state index >= 15 is 0 Å². The highest BCUT2D eigenvalue weighted by Gasteiger charge is 2.24. The number of carbonyl (C=O) groups is 1. The van der Waals surface area contributed by atoms with Gasteiger partial charge in [-0.25, -0.2) is 0 Å². The van der Waals surface area contributed by atoms with Crippen molar-refractivity contribution >= 4 is 16.8 Å². The smallest absolute Gasteiger partial charge is 0.237 e. The predicted molar refractivity (Wildman–Crippen MR) is 97.9 cm³/mol. The third-order valence-electron chi connectivity index (χ3n) is 5.06. The summed E-state index contributed by atoms with van der Waals surface area (Å²) in [7, 11) is 0. The number of para-hydroxylation sites is 1. The van der Waals surface area contributed by atoms with Gasteiger partial charge in [0, 0.05) is 42.3 Å². The molecular weight excluding hydrogens is 300 g/mol. The van der Waals surface area contributed by atoms with Crippen molar-refractivity contribution in [1.29, 1.82) is 0 Å². The molecule has 0 radical (unpaired) electrons. The lowest BCUT2D eigenvalue weighted by Gasteiger charge is -2.35. The molecule has 1 aliphatic heterocycles. The topological polar surface area (TPSA) is 74.2 Å². The third-order valence-corrected chi connectivity index (χ3v) is 5.06. The van der Waals surface area contributed by atoms with Crippen molar-refractivity contribution in [3.8, 4) is 0 Å². The number of amides is 1. The summed E-state index contributed by atoms with van der Waals surface area (Å²) in [6, 6.07) is 8.42. The molecule has 1 aromatic heterocycles. The molecule has 1 aliphatic rings. The summed E-state index contributed by atoms with van der Waals surface area (Å²) in [5, 5.41) is 4.28. The first kappa shape index (κ1) is 17.0. The average molecular weight is 328 g/mol. The molecule has 0 saturated carbocycles. The Morgan fingerprint density at radius 2 is 2.04 bits per heavy atom. The lowest BCUT2D eigenvalue weighted by molar-refractivity contribution is -0.123. The summed E-state index contributed by atoms with van der Waals surface area (Å²) in [4.78, 5) is 18.1. The van der Waals surface area contributed by atoms with Gasteiger partial charge in [0.15, 0.2) is 0 Å². The van der Waals surface area contributed by atoms with Gasteiger partial charge in [-0.1, -0.05) is 18.2 Å². The van der Waals surface area contributed by atoms with Gasteiger partial charge in [0.25, 0.3) is 0 Å². The molecule has 1 fully saturated rings. The largest absolute Gasteiger partial charge is 0.361 e. The number of aromatic amines is 1. The number of carbonyl (C=O) groups excluding carboxylic acids is 1. The summed E-state index contributed by atoms with van der Waals surface area (Å²) < 4.78 is 0. The highest BCUT2D eigenvalue weighted by molar-refractivity contribution is 5.86. The van der Waals surface area contributed by atoms with Crippen LogP contribution in [0.2, 0.25) is 0 Å². The number of nitrogens with one attached hydrogen (secondary N) is 2. The zero-order valence-corrected chi connectivity index (χ0v) is 14.6. The fraction of sp³-hybridized carbons (Fsp3) is 0.526. The quantitative estimate of drug-likeness (QED) is 0.786. The summed E-state index contributed by atoms with van der Waals surface area (Å²) in [6.45, 7) is 6.52. The maximum atomic E-state index is 12.4. The molecule has 5 heteroatoms. The van der Waals surface area contributed by atoms with Crippen molar-refractivity contribution in [3.63, 3.8) is 0 Å². The van der Waals surface area contributed by atoms with Crippen LogP contribution in [0.1, 0.15) is 32.3 Å². The van der Waals surface area contributed by atoms with Crippen molar-refractivity contribution in [1.82, 2.24) is 15.2 Å². The Bertz CT molecular complexity index is 685. The molecule has 0 spiro atoms. The molecule has 2 heterocycles. The Labute approximate surface area is 143 Å². The summed E-state index contributed by atoms with van der Waals surface area (Å²) >= 11 is 0. The van der Waals surface area contributed by atoms with Crippen LogP contribution in [-0.4, -0.2) is 47.0 Å². The van der Waals surface area contributed by atoms with Gasteiger partial charge in [-0.2, -0.15) is 0 Å². The summed E-state index contributed by atoms with van der Waals surface area (Å²) in [5.74, 6) is -0.0386. The fourth-order valence-corrected chi connectivity index (χ4v) is 3.50. The zero-order valence-electron chi connectivity index (χ0n) is 14.6. The standard InChI is InChI=1S/C19H28N4O/c1-13(2)23-9-7-15(8-10-23)22-19(24)17(20)11-14-12-21-18-6-4-3-5-16(14)18/h3-6,12-13,15,17,21H,7-11,20H2,1-2H3,(H,22,24)/t17-/m0/s1. The van der Waals surface area contributed by atoms with E-state index in [0.717, 1.165) is 42.4 Å². The lowest BCUT2D eigenvalue weighted by Crippen LogP contribution is -2.51. The van der Waals surface area contributed by atoms with Gasteiger partial charge in [0.1, 0.15) is 0 Å². The molecule has 130 valence electrons. The van der Waals surface area contributed by atoms with E-state index in [9.17, 15) is 4.79 Å². The molecule has 5 nitrogen and oxygen atoms in total. The van der Waals surface area contributed by atoms with Crippen LogP contribution in [0.5, 0.6) is 0 Å². The number of benzene rings is 1. The van der Waals surface area contributed by atoms with Crippen LogP contribution < -0.4 is 11.1 Å². The van der Waals surface area contributed by atoms with Gasteiger partial charge in [-0.05, 0) is 44.7 Å². The molecule has 1 amide bonds. The van der Waals surface area contributed by atoms with Gasteiger partial charge < -0.3 is 20.9 Å². The third kappa shape index (κ3) is 3.79. The van der Waals surface area contributed by atoms with Crippen LogP contribution in [0.25, 0.3) is 10.9 Å². The highest BCUT2D eigenvalue weighted by atomic mass is 16.2. The van der Waals surface area contributed by atoms with E-state index in [1.165, 1.54) is 0 Å². The normalized spacial score (nSPS) is 18.2. The summed E-state index contributed by atoms with van der Waals surface area (Å²) in [6.07, 6.45) is 4.52. The number of piperidine rings is 1. The first-order valence-electron chi connectivity index (χ1n) is 8.89. The Balaban J connectivity index is 1.54. The number of nitrogens with two attached hydrogens (primary N) is 1. The SMILES string of the molecule is CC(C)N1CCC(NC(=O)[C@@H](N)Cc2c[nH]c3ccccc23)CC1. The van der Waals surface area contributed by atoms with Gasteiger partial charge in [0.05, 0.1) is 6.04 Å². The number of aromatic nitrogens is 1. The first-order valence-corrected chi connectivity index (χ1v) is 8.89. The molecule has 0 bridgehead atoms. The maximum Gasteiger partial charge on any atom is 0.237 e. The van der Waals surface area contributed by atoms with Gasteiger partial charge in [-0.3, -0.25) is 4.79 Å². The molecule has 0 unspecified atom stereocenters. The van der Waals surface area contributed by atoms with Gasteiger partial charge >= 0.3 is 0 Å². The number of hydrogen-bond donors (Lipinski definition) is 3. The predicted octanol–water partition coefficient (Wildman–Crippen LogP) is 2.03. The molecule has 3 rings (SSSR count). The van der Waals surface area contributed by atoms with Crippen molar-refractivity contribution < 1.29 is 4.79 Å². The van der Waals surface area contributed by atoms with E-state index in [-0.39, 0.29) is 11.9 Å². The molecule has 0 aliphatic carbocycles. The molecule has 1 saturated heterocycles. The number of hydrogen-bond acceptors (Lipinski definition) is 3. The average Bonchev–Trinajstić information content (AvgIpc) is 2.98. The number of likely N-dealkylation sites (tertiary alicyclic amines) is 1. The molecule has 4 N–H and O–H groups in total. The second-order valence-corrected chi connectivity index (χ2v) is 7.08. The van der Waals surface area contributed by atoms with Gasteiger partial charge in [-0.15, -0.1) is 0 Å². The van der Waals surface area contributed by atoms with Crippen molar-refractivity contribution in [2.75, 3.05) is 13.1 Å². The van der Waals surface area contributed by atoms with Crippen LogP contribution in [0.4, 0.5) is 0 Å². The zero-order chi connectivity index (χ0) is 17.1. The highest BCUT2D eigenvalue weighted by Crippen LogP contribution is 2.19. The van der Waals surface area contributed by atoms with Crippen LogP contribution >= 0.6 is 0 Å². The van der Waals surface area contributed by atoms with E-state index in [4.69, 9.17) is 5.73 Å². The van der Waals surface area contributed by atoms with Crippen molar-refractivity contribution in [2.24, 2.45) is 5.73 Å². The van der Waals surface area contributed by atoms with Crippen LogP contribution in [0.15, 0.2) is 30.5 Å². The van der Waals surface area contributed by atoms with Crippen molar-refractivity contribution in [2.45, 2.75) is 51.2 Å². The Morgan fingerprint density at radius 3 is 2.75 bits per heavy atom. The van der Waals surface area contributed by atoms with Crippen LogP contribution in [0, 0.1) is 0 Å². The second kappa shape index (κ2) is 7.36. The molecular formula is C19H28N4O. The number of nitrogens with zero attached hydrogens (tertiary/aromatic N) is 1. The number of H-pyrrole nitrogens is 1. The second-order valence-electron chi connectivity index (χ2n) is 7.08. The van der Waals surface area contributed by atoms with E-state index in [1.807, 2.05) is 24.4 Å². The minimum absolute atomic E-state index is 0.0386.